The molecule has 3 aliphatic rings. The summed E-state index contributed by atoms with van der Waals surface area (Å²) in [5.74, 6) is 0.886. The van der Waals surface area contributed by atoms with Gasteiger partial charge in [-0.2, -0.15) is 0 Å². The minimum atomic E-state index is -0.0507. The van der Waals surface area contributed by atoms with E-state index in [1.54, 1.807) is 0 Å². The Morgan fingerprint density at radius 3 is 2.56 bits per heavy atom. The largest absolute Gasteiger partial charge is 0.461 e. The molecule has 2 heteroatoms. The van der Waals surface area contributed by atoms with Crippen LogP contribution in [0.15, 0.2) is 11.6 Å². The van der Waals surface area contributed by atoms with E-state index in [0.717, 1.165) is 6.42 Å². The van der Waals surface area contributed by atoms with Crippen molar-refractivity contribution in [3.05, 3.63) is 11.6 Å². The highest BCUT2D eigenvalue weighted by atomic mass is 16.5. The van der Waals surface area contributed by atoms with Crippen molar-refractivity contribution in [2.24, 2.45) is 23.2 Å². The van der Waals surface area contributed by atoms with Crippen molar-refractivity contribution >= 4 is 5.97 Å². The lowest BCUT2D eigenvalue weighted by molar-refractivity contribution is -0.195. The molecule has 2 bridgehead atoms. The van der Waals surface area contributed by atoms with Gasteiger partial charge in [0.2, 0.25) is 0 Å². The fourth-order valence-corrected chi connectivity index (χ4v) is 3.34. The van der Waals surface area contributed by atoms with E-state index in [0.29, 0.717) is 17.3 Å². The van der Waals surface area contributed by atoms with Crippen LogP contribution in [0.3, 0.4) is 0 Å². The second-order valence-corrected chi connectivity index (χ2v) is 6.15. The summed E-state index contributed by atoms with van der Waals surface area (Å²) >= 11 is 0. The zero-order valence-electron chi connectivity index (χ0n) is 10.9. The first-order valence-electron chi connectivity index (χ1n) is 6.23. The van der Waals surface area contributed by atoms with Gasteiger partial charge in [-0.15, -0.1) is 0 Å². The predicted octanol–water partition coefficient (Wildman–Crippen LogP) is 3.18. The number of carbonyl (C=O) groups is 1. The van der Waals surface area contributed by atoms with Gasteiger partial charge in [0.05, 0.1) is 5.92 Å². The number of hydrogen-bond donors (Lipinski definition) is 0. The maximum absolute atomic E-state index is 11.7. The van der Waals surface area contributed by atoms with E-state index in [1.165, 1.54) is 5.57 Å². The molecule has 16 heavy (non-hydrogen) atoms. The fraction of sp³-hybridized carbons (Fsp3) is 0.786. The van der Waals surface area contributed by atoms with Crippen LogP contribution in [0.25, 0.3) is 0 Å². The molecule has 0 saturated heterocycles. The van der Waals surface area contributed by atoms with Gasteiger partial charge < -0.3 is 4.74 Å². The Bertz CT molecular complexity index is 339. The predicted molar refractivity (Wildman–Crippen MR) is 63.9 cm³/mol. The normalized spacial score (nSPS) is 35.4. The van der Waals surface area contributed by atoms with E-state index in [1.807, 2.05) is 13.8 Å². The highest BCUT2D eigenvalue weighted by Crippen LogP contribution is 2.60. The first-order valence-corrected chi connectivity index (χ1v) is 6.23. The van der Waals surface area contributed by atoms with Gasteiger partial charge in [0, 0.05) is 11.8 Å². The third-order valence-corrected chi connectivity index (χ3v) is 4.39. The number of allylic oxidation sites excluding steroid dienone is 1. The maximum atomic E-state index is 11.7. The third kappa shape index (κ3) is 1.50. The van der Waals surface area contributed by atoms with Gasteiger partial charge in [-0.1, -0.05) is 39.3 Å². The number of rotatable bonds is 2. The van der Waals surface area contributed by atoms with Crippen LogP contribution >= 0.6 is 0 Å². The highest BCUT2D eigenvalue weighted by Gasteiger charge is 2.60. The molecular formula is C14H22O2. The number of carbonyl (C=O) groups excluding carboxylic acids is 1. The molecule has 0 aromatic carbocycles. The second kappa shape index (κ2) is 3.61. The zero-order valence-corrected chi connectivity index (χ0v) is 10.9. The first kappa shape index (κ1) is 11.7. The van der Waals surface area contributed by atoms with E-state index in [9.17, 15) is 4.79 Å². The van der Waals surface area contributed by atoms with Gasteiger partial charge >= 0.3 is 5.97 Å². The van der Waals surface area contributed by atoms with E-state index in [4.69, 9.17) is 4.74 Å². The van der Waals surface area contributed by atoms with Gasteiger partial charge in [-0.25, -0.2) is 0 Å². The summed E-state index contributed by atoms with van der Waals surface area (Å²) in [5, 5.41) is 0. The van der Waals surface area contributed by atoms with Crippen molar-refractivity contribution in [3.8, 4) is 0 Å². The summed E-state index contributed by atoms with van der Waals surface area (Å²) in [6, 6.07) is 0. The van der Waals surface area contributed by atoms with Crippen molar-refractivity contribution in [3.63, 3.8) is 0 Å². The smallest absolute Gasteiger partial charge is 0.308 e. The zero-order chi connectivity index (χ0) is 12.1. The summed E-state index contributed by atoms with van der Waals surface area (Å²) in [5.41, 5.74) is 1.70. The van der Waals surface area contributed by atoms with Crippen LogP contribution in [0.5, 0.6) is 0 Å². The second-order valence-electron chi connectivity index (χ2n) is 6.15. The maximum Gasteiger partial charge on any atom is 0.308 e. The minimum absolute atomic E-state index is 0.0197. The summed E-state index contributed by atoms with van der Waals surface area (Å²) in [4.78, 5) is 11.7. The summed E-state index contributed by atoms with van der Waals surface area (Å²) in [6.07, 6.45) is 3.50. The van der Waals surface area contributed by atoms with Crippen molar-refractivity contribution in [1.29, 1.82) is 0 Å². The molecule has 3 atom stereocenters. The Balaban J connectivity index is 2.11. The average molecular weight is 222 g/mol. The monoisotopic (exact) mass is 222 g/mol. The van der Waals surface area contributed by atoms with Crippen LogP contribution in [0.1, 0.15) is 41.0 Å². The molecule has 0 amide bonds. The molecule has 90 valence electrons. The molecule has 0 N–H and O–H groups in total. The lowest BCUT2D eigenvalue weighted by atomic mass is 9.47. The standard InChI is InChI=1S/C14H22O2/c1-8(2)13(15)16-12-10-7-6-9(3)11(12)14(10,4)5/h6,8,10-12H,7H2,1-5H3/t10-,11+,12?/m1/s1. The van der Waals surface area contributed by atoms with E-state index in [-0.39, 0.29) is 18.0 Å². The quantitative estimate of drug-likeness (QED) is 0.530. The van der Waals surface area contributed by atoms with Crippen LogP contribution in [0.2, 0.25) is 0 Å². The number of esters is 1. The molecule has 1 saturated carbocycles. The van der Waals surface area contributed by atoms with Crippen LogP contribution in [-0.2, 0) is 9.53 Å². The molecule has 1 fully saturated rings. The summed E-state index contributed by atoms with van der Waals surface area (Å²) in [6.45, 7) is 10.5. The Morgan fingerprint density at radius 2 is 2.12 bits per heavy atom. The molecule has 2 nitrogen and oxygen atoms in total. The third-order valence-electron chi connectivity index (χ3n) is 4.39. The molecule has 3 rings (SSSR count). The van der Waals surface area contributed by atoms with Crippen molar-refractivity contribution in [2.45, 2.75) is 47.1 Å². The van der Waals surface area contributed by atoms with Crippen molar-refractivity contribution < 1.29 is 9.53 Å². The van der Waals surface area contributed by atoms with E-state index < -0.39 is 0 Å². The molecule has 1 unspecified atom stereocenters. The molecule has 3 aliphatic carbocycles. The molecule has 0 aromatic heterocycles. The molecular weight excluding hydrogens is 200 g/mol. The van der Waals surface area contributed by atoms with Gasteiger partial charge in [-0.05, 0) is 18.8 Å². The van der Waals surface area contributed by atoms with Gasteiger partial charge in [0.15, 0.2) is 0 Å². The SMILES string of the molecule is CC1=CC[C@@H]2C(OC(=O)C(C)C)[C@H]1C2(C)C. The first-order chi connectivity index (χ1) is 7.35. The summed E-state index contributed by atoms with van der Waals surface area (Å²) in [7, 11) is 0. The van der Waals surface area contributed by atoms with Crippen LogP contribution in [0, 0.1) is 23.2 Å². The van der Waals surface area contributed by atoms with Gasteiger partial charge in [-0.3, -0.25) is 4.79 Å². The number of hydrogen-bond acceptors (Lipinski definition) is 2. The average Bonchev–Trinajstić information content (AvgIpc) is 2.16. The molecule has 0 aromatic rings. The Morgan fingerprint density at radius 1 is 1.50 bits per heavy atom. The van der Waals surface area contributed by atoms with Gasteiger partial charge in [0.1, 0.15) is 6.10 Å². The number of ether oxygens (including phenoxy) is 1. The Labute approximate surface area is 98.1 Å². The Hall–Kier alpha value is -0.790. The van der Waals surface area contributed by atoms with Crippen LogP contribution < -0.4 is 0 Å². The van der Waals surface area contributed by atoms with Crippen LogP contribution in [-0.4, -0.2) is 12.1 Å². The van der Waals surface area contributed by atoms with Gasteiger partial charge in [0.25, 0.3) is 0 Å². The fourth-order valence-electron chi connectivity index (χ4n) is 3.34. The lowest BCUT2D eigenvalue weighted by Gasteiger charge is -2.60. The van der Waals surface area contributed by atoms with Crippen molar-refractivity contribution in [2.75, 3.05) is 0 Å². The molecule has 0 spiro atoms. The van der Waals surface area contributed by atoms with E-state index in [2.05, 4.69) is 26.8 Å². The summed E-state index contributed by atoms with van der Waals surface area (Å²) < 4.78 is 5.64. The molecule has 0 radical (unpaired) electrons. The lowest BCUT2D eigenvalue weighted by Crippen LogP contribution is -2.61. The topological polar surface area (TPSA) is 26.3 Å². The van der Waals surface area contributed by atoms with E-state index >= 15 is 0 Å². The van der Waals surface area contributed by atoms with Crippen molar-refractivity contribution in [1.82, 2.24) is 0 Å². The highest BCUT2D eigenvalue weighted by molar-refractivity contribution is 5.72. The molecule has 0 aliphatic heterocycles. The Kier molecular flexibility index (Phi) is 2.64. The molecule has 0 heterocycles. The number of fused-ring (bicyclic) bond motifs is 1. The van der Waals surface area contributed by atoms with Crippen LogP contribution in [0.4, 0.5) is 0 Å². The minimum Gasteiger partial charge on any atom is -0.461 e.